The molecule has 0 radical (unpaired) electrons. The Morgan fingerprint density at radius 2 is 1.87 bits per heavy atom. The molecule has 1 amide bonds. The Morgan fingerprint density at radius 3 is 2.52 bits per heavy atom. The highest BCUT2D eigenvalue weighted by atomic mass is 19.3. The number of likely N-dealkylation sites (N-methyl/N-ethyl adjacent to an activating group) is 1. The zero-order valence-corrected chi connectivity index (χ0v) is 17.2. The first-order chi connectivity index (χ1) is 14.7. The highest BCUT2D eigenvalue weighted by molar-refractivity contribution is 5.90. The van der Waals surface area contributed by atoms with Crippen molar-refractivity contribution >= 4 is 18.0 Å². The van der Waals surface area contributed by atoms with Crippen molar-refractivity contribution in [3.63, 3.8) is 0 Å². The lowest BCUT2D eigenvalue weighted by atomic mass is 10.2. The number of esters is 1. The fraction of sp³-hybridized carbons (Fsp3) is 0.273. The molecule has 1 unspecified atom stereocenters. The maximum absolute atomic E-state index is 13.3. The zero-order valence-electron chi connectivity index (χ0n) is 17.2. The Kier molecular flexibility index (Phi) is 8.48. The monoisotopic (exact) mass is 437 g/mol. The van der Waals surface area contributed by atoms with Gasteiger partial charge in [0, 0.05) is 19.7 Å². The molecule has 0 aliphatic heterocycles. The lowest BCUT2D eigenvalue weighted by molar-refractivity contribution is -0.154. The molecule has 2 aromatic carbocycles. The predicted molar refractivity (Wildman–Crippen MR) is 107 cm³/mol. The van der Waals surface area contributed by atoms with E-state index in [-0.39, 0.29) is 18.0 Å². The minimum absolute atomic E-state index is 0.0679. The molecule has 31 heavy (non-hydrogen) atoms. The van der Waals surface area contributed by atoms with Crippen LogP contribution >= 0.6 is 0 Å². The molecule has 0 N–H and O–H groups in total. The Labute approximate surface area is 177 Å². The molecule has 2 aromatic rings. The van der Waals surface area contributed by atoms with Crippen LogP contribution in [0, 0.1) is 5.82 Å². The van der Waals surface area contributed by atoms with E-state index in [1.54, 1.807) is 12.1 Å². The van der Waals surface area contributed by atoms with E-state index >= 15 is 0 Å². The third-order valence-corrected chi connectivity index (χ3v) is 4.14. The quantitative estimate of drug-likeness (QED) is 0.438. The number of carbonyl (C=O) groups excluding carboxylic acids is 2. The number of amides is 1. The highest BCUT2D eigenvalue weighted by Gasteiger charge is 2.21. The van der Waals surface area contributed by atoms with Gasteiger partial charge in [-0.15, -0.1) is 0 Å². The number of halogens is 3. The van der Waals surface area contributed by atoms with E-state index in [0.29, 0.717) is 11.1 Å². The molecule has 1 atom stereocenters. The zero-order chi connectivity index (χ0) is 23.0. The number of alkyl halides is 2. The number of ether oxygens (including phenoxy) is 3. The van der Waals surface area contributed by atoms with Gasteiger partial charge in [0.2, 0.25) is 0 Å². The largest absolute Gasteiger partial charge is 0.493 e. The summed E-state index contributed by atoms with van der Waals surface area (Å²) in [6, 6.07) is 9.97. The van der Waals surface area contributed by atoms with Gasteiger partial charge in [0.15, 0.2) is 17.6 Å². The lowest BCUT2D eigenvalue weighted by Crippen LogP contribution is -2.36. The highest BCUT2D eigenvalue weighted by Crippen LogP contribution is 2.29. The van der Waals surface area contributed by atoms with E-state index in [2.05, 4.69) is 4.74 Å². The van der Waals surface area contributed by atoms with Gasteiger partial charge in [0.25, 0.3) is 5.91 Å². The number of rotatable bonds is 9. The van der Waals surface area contributed by atoms with Gasteiger partial charge >= 0.3 is 12.6 Å². The first kappa shape index (κ1) is 23.8. The second-order valence-electron chi connectivity index (χ2n) is 6.53. The summed E-state index contributed by atoms with van der Waals surface area (Å²) in [7, 11) is 2.81. The first-order valence-electron chi connectivity index (χ1n) is 9.20. The van der Waals surface area contributed by atoms with Crippen molar-refractivity contribution in [1.29, 1.82) is 0 Å². The molecule has 0 spiro atoms. The number of hydrogen-bond acceptors (Lipinski definition) is 5. The summed E-state index contributed by atoms with van der Waals surface area (Å²) in [5, 5.41) is 0. The van der Waals surface area contributed by atoms with Crippen LogP contribution in [0.2, 0.25) is 0 Å². The predicted octanol–water partition coefficient (Wildman–Crippen LogP) is 4.04. The summed E-state index contributed by atoms with van der Waals surface area (Å²) in [5.74, 6) is -1.71. The second kappa shape index (κ2) is 11.1. The number of methoxy groups -OCH3 is 1. The Balaban J connectivity index is 1.94. The standard InChI is InChI=1S/C22H22F3NO5/c1-14(21(28)26(2)13-16-5-4-6-17(23)11-16)30-20(27)10-8-15-7-9-18(31-22(24)25)19(12-15)29-3/h4-12,14,22H,13H2,1-3H3/b10-8+. The van der Waals surface area contributed by atoms with E-state index in [1.165, 1.54) is 62.4 Å². The minimum atomic E-state index is -3.00. The summed E-state index contributed by atoms with van der Waals surface area (Å²) in [4.78, 5) is 25.8. The number of nitrogens with zero attached hydrogens (tertiary/aromatic N) is 1. The minimum Gasteiger partial charge on any atom is -0.493 e. The van der Waals surface area contributed by atoms with Gasteiger partial charge in [-0.3, -0.25) is 4.79 Å². The first-order valence-corrected chi connectivity index (χ1v) is 9.20. The number of benzene rings is 2. The Morgan fingerprint density at radius 1 is 1.13 bits per heavy atom. The van der Waals surface area contributed by atoms with Crippen LogP contribution in [-0.4, -0.2) is 43.6 Å². The van der Waals surface area contributed by atoms with Gasteiger partial charge in [0.1, 0.15) is 5.82 Å². The van der Waals surface area contributed by atoms with Crippen molar-refractivity contribution in [3.8, 4) is 11.5 Å². The van der Waals surface area contributed by atoms with Gasteiger partial charge in [0.05, 0.1) is 7.11 Å². The average Bonchev–Trinajstić information content (AvgIpc) is 2.71. The van der Waals surface area contributed by atoms with Crippen molar-refractivity contribution in [2.75, 3.05) is 14.2 Å². The summed E-state index contributed by atoms with van der Waals surface area (Å²) < 4.78 is 52.4. The van der Waals surface area contributed by atoms with Crippen LogP contribution in [-0.2, 0) is 20.9 Å². The van der Waals surface area contributed by atoms with Crippen molar-refractivity contribution in [1.82, 2.24) is 4.90 Å². The average molecular weight is 437 g/mol. The maximum atomic E-state index is 13.3. The Bertz CT molecular complexity index is 948. The summed E-state index contributed by atoms with van der Waals surface area (Å²) in [5.41, 5.74) is 1.07. The molecule has 0 saturated heterocycles. The van der Waals surface area contributed by atoms with Gasteiger partial charge in [-0.25, -0.2) is 9.18 Å². The molecular weight excluding hydrogens is 415 g/mol. The van der Waals surface area contributed by atoms with Crippen LogP contribution in [0.5, 0.6) is 11.5 Å². The van der Waals surface area contributed by atoms with Gasteiger partial charge in [-0.1, -0.05) is 18.2 Å². The fourth-order valence-corrected chi connectivity index (χ4v) is 2.71. The van der Waals surface area contributed by atoms with Gasteiger partial charge in [-0.05, 0) is 48.4 Å². The van der Waals surface area contributed by atoms with Crippen LogP contribution < -0.4 is 9.47 Å². The lowest BCUT2D eigenvalue weighted by Gasteiger charge is -2.21. The van der Waals surface area contributed by atoms with Crippen molar-refractivity contribution < 1.29 is 37.0 Å². The number of carbonyl (C=O) groups is 2. The summed E-state index contributed by atoms with van der Waals surface area (Å²) in [6.45, 7) is -1.42. The normalized spacial score (nSPS) is 12.0. The van der Waals surface area contributed by atoms with Gasteiger partial charge in [-0.2, -0.15) is 8.78 Å². The smallest absolute Gasteiger partial charge is 0.387 e. The Hall–Kier alpha value is -3.49. The molecule has 9 heteroatoms. The molecule has 0 aliphatic carbocycles. The van der Waals surface area contributed by atoms with Crippen LogP contribution in [0.25, 0.3) is 6.08 Å². The third-order valence-electron chi connectivity index (χ3n) is 4.14. The molecule has 0 heterocycles. The molecular formula is C22H22F3NO5. The molecule has 2 rings (SSSR count). The van der Waals surface area contributed by atoms with Crippen LogP contribution in [0.15, 0.2) is 48.5 Å². The van der Waals surface area contributed by atoms with E-state index < -0.39 is 30.4 Å². The molecule has 6 nitrogen and oxygen atoms in total. The molecule has 0 aromatic heterocycles. The van der Waals surface area contributed by atoms with E-state index in [0.717, 1.165) is 6.08 Å². The van der Waals surface area contributed by atoms with Crippen molar-refractivity contribution in [2.24, 2.45) is 0 Å². The molecule has 0 aliphatic rings. The van der Waals surface area contributed by atoms with Crippen molar-refractivity contribution in [2.45, 2.75) is 26.2 Å². The molecule has 0 fully saturated rings. The SMILES string of the molecule is COc1cc(/C=C/C(=O)OC(C)C(=O)N(C)Cc2cccc(F)c2)ccc1OC(F)F. The summed E-state index contributed by atoms with van der Waals surface area (Å²) >= 11 is 0. The van der Waals surface area contributed by atoms with E-state index in [1.807, 2.05) is 0 Å². The van der Waals surface area contributed by atoms with Crippen molar-refractivity contribution in [3.05, 3.63) is 65.5 Å². The molecule has 0 bridgehead atoms. The van der Waals surface area contributed by atoms with E-state index in [9.17, 15) is 22.8 Å². The molecule has 0 saturated carbocycles. The van der Waals surface area contributed by atoms with Crippen LogP contribution in [0.3, 0.4) is 0 Å². The van der Waals surface area contributed by atoms with E-state index in [4.69, 9.17) is 9.47 Å². The fourth-order valence-electron chi connectivity index (χ4n) is 2.71. The van der Waals surface area contributed by atoms with Crippen LogP contribution in [0.1, 0.15) is 18.1 Å². The number of hydrogen-bond donors (Lipinski definition) is 0. The third kappa shape index (κ3) is 7.36. The topological polar surface area (TPSA) is 65.1 Å². The van der Waals surface area contributed by atoms with Crippen LogP contribution in [0.4, 0.5) is 13.2 Å². The molecule has 166 valence electrons. The summed E-state index contributed by atoms with van der Waals surface area (Å²) in [6.07, 6.45) is 1.41. The second-order valence-corrected chi connectivity index (χ2v) is 6.53. The maximum Gasteiger partial charge on any atom is 0.387 e. The van der Waals surface area contributed by atoms with Gasteiger partial charge < -0.3 is 19.1 Å².